The first-order valence-electron chi connectivity index (χ1n) is 11.4. The molecule has 0 fully saturated rings. The highest BCUT2D eigenvalue weighted by Gasteiger charge is 2.23. The number of ether oxygens (including phenoxy) is 2. The Bertz CT molecular complexity index is 1320. The van der Waals surface area contributed by atoms with Gasteiger partial charge in [0.1, 0.15) is 11.5 Å². The zero-order valence-corrected chi connectivity index (χ0v) is 19.5. The zero-order chi connectivity index (χ0) is 23.7. The van der Waals surface area contributed by atoms with Gasteiger partial charge >= 0.3 is 0 Å². The van der Waals surface area contributed by atoms with E-state index in [2.05, 4.69) is 27.6 Å². The summed E-state index contributed by atoms with van der Waals surface area (Å²) in [6.07, 6.45) is 1.85. The van der Waals surface area contributed by atoms with Gasteiger partial charge in [-0.05, 0) is 73.4 Å². The van der Waals surface area contributed by atoms with Crippen molar-refractivity contribution in [3.63, 3.8) is 0 Å². The van der Waals surface area contributed by atoms with Gasteiger partial charge in [0, 0.05) is 22.3 Å². The number of methoxy groups -OCH3 is 2. The average molecular weight is 454 g/mol. The van der Waals surface area contributed by atoms with Crippen molar-refractivity contribution in [3.8, 4) is 34.0 Å². The van der Waals surface area contributed by atoms with Crippen LogP contribution in [0.1, 0.15) is 40.0 Å². The molecular formula is C28H27N3O3. The minimum absolute atomic E-state index is 0.109. The van der Waals surface area contributed by atoms with Crippen LogP contribution in [-0.2, 0) is 12.8 Å². The maximum atomic E-state index is 12.8. The number of nitrogens with one attached hydrogen (secondary N) is 2. The van der Waals surface area contributed by atoms with Crippen LogP contribution in [-0.4, -0.2) is 30.3 Å². The summed E-state index contributed by atoms with van der Waals surface area (Å²) in [4.78, 5) is 12.8. The lowest BCUT2D eigenvalue weighted by Crippen LogP contribution is -2.26. The van der Waals surface area contributed by atoms with E-state index < -0.39 is 0 Å². The van der Waals surface area contributed by atoms with Gasteiger partial charge in [-0.25, -0.2) is 0 Å². The van der Waals surface area contributed by atoms with Crippen molar-refractivity contribution in [1.29, 1.82) is 0 Å². The van der Waals surface area contributed by atoms with Crippen LogP contribution in [0.25, 0.3) is 22.5 Å². The van der Waals surface area contributed by atoms with Gasteiger partial charge in [0.2, 0.25) is 0 Å². The largest absolute Gasteiger partial charge is 0.497 e. The molecule has 0 aliphatic heterocycles. The molecule has 0 bridgehead atoms. The number of hydrogen-bond acceptors (Lipinski definition) is 4. The van der Waals surface area contributed by atoms with Gasteiger partial charge in [-0.2, -0.15) is 5.10 Å². The van der Waals surface area contributed by atoms with Crippen molar-refractivity contribution in [3.05, 3.63) is 89.0 Å². The molecule has 0 unspecified atom stereocenters. The van der Waals surface area contributed by atoms with Gasteiger partial charge in [-0.15, -0.1) is 0 Å². The van der Waals surface area contributed by atoms with E-state index in [1.165, 1.54) is 16.7 Å². The maximum Gasteiger partial charge on any atom is 0.251 e. The lowest BCUT2D eigenvalue weighted by molar-refractivity contribution is 0.0940. The van der Waals surface area contributed by atoms with E-state index in [1.54, 1.807) is 14.2 Å². The van der Waals surface area contributed by atoms with Crippen molar-refractivity contribution in [1.82, 2.24) is 15.5 Å². The third-order valence-corrected chi connectivity index (χ3v) is 6.48. The van der Waals surface area contributed by atoms with E-state index in [0.29, 0.717) is 5.56 Å². The molecule has 4 aromatic rings. The summed E-state index contributed by atoms with van der Waals surface area (Å²) in [5.41, 5.74) is 8.28. The molecule has 0 saturated carbocycles. The highest BCUT2D eigenvalue weighted by Crippen LogP contribution is 2.38. The van der Waals surface area contributed by atoms with Gasteiger partial charge in [-0.1, -0.05) is 24.3 Å². The van der Waals surface area contributed by atoms with E-state index in [4.69, 9.17) is 9.47 Å². The molecule has 6 nitrogen and oxygen atoms in total. The normalized spacial score (nSPS) is 12.9. The number of aromatic nitrogens is 2. The Hall–Kier alpha value is -4.06. The first-order valence-corrected chi connectivity index (χ1v) is 11.4. The second-order valence-electron chi connectivity index (χ2n) is 8.49. The number of amides is 1. The topological polar surface area (TPSA) is 76.2 Å². The number of aromatic amines is 1. The fourth-order valence-corrected chi connectivity index (χ4v) is 4.51. The SMILES string of the molecule is COc1ccc([C@H](C)NC(=O)c2ccc(-c3n[nH]c4c3CCc3cc(OC)ccc3-4)cc2)cc1. The molecule has 3 aromatic carbocycles. The van der Waals surface area contributed by atoms with E-state index in [9.17, 15) is 4.79 Å². The Labute approximate surface area is 198 Å². The number of benzene rings is 3. The van der Waals surface area contributed by atoms with Gasteiger partial charge in [-0.3, -0.25) is 9.89 Å². The van der Waals surface area contributed by atoms with Crippen LogP contribution in [0.5, 0.6) is 11.5 Å². The Kier molecular flexibility index (Phi) is 5.80. The molecule has 2 N–H and O–H groups in total. The van der Waals surface area contributed by atoms with Crippen LogP contribution in [0.3, 0.4) is 0 Å². The summed E-state index contributed by atoms with van der Waals surface area (Å²) in [6, 6.07) is 21.4. The molecular weight excluding hydrogens is 426 g/mol. The second kappa shape index (κ2) is 9.06. The van der Waals surface area contributed by atoms with Crippen LogP contribution in [0.4, 0.5) is 0 Å². The van der Waals surface area contributed by atoms with Gasteiger partial charge < -0.3 is 14.8 Å². The maximum absolute atomic E-state index is 12.8. The summed E-state index contributed by atoms with van der Waals surface area (Å²) >= 11 is 0. The lowest BCUT2D eigenvalue weighted by atomic mass is 9.87. The van der Waals surface area contributed by atoms with Crippen LogP contribution >= 0.6 is 0 Å². The number of hydrogen-bond donors (Lipinski definition) is 2. The van der Waals surface area contributed by atoms with E-state index in [-0.39, 0.29) is 11.9 Å². The molecule has 1 aliphatic rings. The standard InChI is InChI=1S/C28H27N3O3/c1-17(18-8-11-22(33-2)12-9-18)29-28(32)20-6-4-19(5-7-20)26-25-14-10-21-16-23(34-3)13-15-24(21)27(25)31-30-26/h4-9,11-13,15-17H,10,14H2,1-3H3,(H,29,32)(H,30,31)/t17-/m0/s1. The van der Waals surface area contributed by atoms with Crippen molar-refractivity contribution >= 4 is 5.91 Å². The summed E-state index contributed by atoms with van der Waals surface area (Å²) in [7, 11) is 3.33. The molecule has 0 saturated heterocycles. The summed E-state index contributed by atoms with van der Waals surface area (Å²) in [5, 5.41) is 10.9. The molecule has 1 heterocycles. The van der Waals surface area contributed by atoms with Crippen molar-refractivity contribution in [2.75, 3.05) is 14.2 Å². The summed E-state index contributed by atoms with van der Waals surface area (Å²) in [5.74, 6) is 1.56. The number of nitrogens with zero attached hydrogens (tertiary/aromatic N) is 1. The monoisotopic (exact) mass is 453 g/mol. The molecule has 1 atom stereocenters. The summed E-state index contributed by atoms with van der Waals surface area (Å²) < 4.78 is 10.6. The third-order valence-electron chi connectivity index (χ3n) is 6.48. The van der Waals surface area contributed by atoms with Crippen molar-refractivity contribution in [2.45, 2.75) is 25.8 Å². The minimum Gasteiger partial charge on any atom is -0.497 e. The quantitative estimate of drug-likeness (QED) is 0.413. The molecule has 1 aromatic heterocycles. The smallest absolute Gasteiger partial charge is 0.251 e. The predicted octanol–water partition coefficient (Wildman–Crippen LogP) is 5.35. The predicted molar refractivity (Wildman–Crippen MR) is 132 cm³/mol. The molecule has 34 heavy (non-hydrogen) atoms. The molecule has 1 amide bonds. The Morgan fingerprint density at radius 3 is 2.35 bits per heavy atom. The number of rotatable bonds is 6. The molecule has 1 aliphatic carbocycles. The fourth-order valence-electron chi connectivity index (χ4n) is 4.51. The molecule has 6 heteroatoms. The summed E-state index contributed by atoms with van der Waals surface area (Å²) in [6.45, 7) is 1.97. The van der Waals surface area contributed by atoms with Gasteiger partial charge in [0.05, 0.1) is 31.6 Å². The number of aryl methyl sites for hydroxylation is 1. The van der Waals surface area contributed by atoms with Crippen molar-refractivity contribution in [2.24, 2.45) is 0 Å². The zero-order valence-electron chi connectivity index (χ0n) is 19.5. The number of carbonyl (C=O) groups is 1. The molecule has 172 valence electrons. The van der Waals surface area contributed by atoms with E-state index in [1.807, 2.05) is 61.5 Å². The first kappa shape index (κ1) is 21.8. The van der Waals surface area contributed by atoms with Gasteiger partial charge in [0.25, 0.3) is 5.91 Å². The second-order valence-corrected chi connectivity index (χ2v) is 8.49. The van der Waals surface area contributed by atoms with Gasteiger partial charge in [0.15, 0.2) is 0 Å². The van der Waals surface area contributed by atoms with Crippen molar-refractivity contribution < 1.29 is 14.3 Å². The first-order chi connectivity index (χ1) is 16.6. The van der Waals surface area contributed by atoms with E-state index in [0.717, 1.165) is 46.9 Å². The highest BCUT2D eigenvalue weighted by molar-refractivity contribution is 5.95. The van der Waals surface area contributed by atoms with Crippen LogP contribution in [0.2, 0.25) is 0 Å². The third kappa shape index (κ3) is 4.03. The highest BCUT2D eigenvalue weighted by atomic mass is 16.5. The molecule has 0 spiro atoms. The van der Waals surface area contributed by atoms with Crippen LogP contribution in [0, 0.1) is 0 Å². The Balaban J connectivity index is 1.33. The molecule has 0 radical (unpaired) electrons. The van der Waals surface area contributed by atoms with E-state index >= 15 is 0 Å². The molecule has 5 rings (SSSR count). The Morgan fingerprint density at radius 1 is 0.941 bits per heavy atom. The average Bonchev–Trinajstić information content (AvgIpc) is 3.33. The number of carbonyl (C=O) groups excluding carboxylic acids is 1. The van der Waals surface area contributed by atoms with Crippen LogP contribution < -0.4 is 14.8 Å². The Morgan fingerprint density at radius 2 is 1.65 bits per heavy atom. The number of H-pyrrole nitrogens is 1. The number of fused-ring (bicyclic) bond motifs is 3. The van der Waals surface area contributed by atoms with Crippen LogP contribution in [0.15, 0.2) is 66.7 Å². The minimum atomic E-state index is -0.116. The lowest BCUT2D eigenvalue weighted by Gasteiger charge is -2.17. The fraction of sp³-hybridized carbons (Fsp3) is 0.214.